The molecule has 1 rings (SSSR count). The van der Waals surface area contributed by atoms with Crippen LogP contribution in [0.4, 0.5) is 11.4 Å². The lowest BCUT2D eigenvalue weighted by Crippen LogP contribution is -3.00. The van der Waals surface area contributed by atoms with Crippen molar-refractivity contribution in [3.05, 3.63) is 28.3 Å². The number of rotatable bonds is 20. The molecule has 0 aliphatic heterocycles. The van der Waals surface area contributed by atoms with Gasteiger partial charge in [0.15, 0.2) is 0 Å². The second kappa shape index (κ2) is 24.0. The van der Waals surface area contributed by atoms with Gasteiger partial charge >= 0.3 is 0 Å². The van der Waals surface area contributed by atoms with Crippen LogP contribution in [0.15, 0.2) is 18.2 Å². The second-order valence-corrected chi connectivity index (χ2v) is 13.6. The summed E-state index contributed by atoms with van der Waals surface area (Å²) in [4.78, 5) is 48.4. The molecule has 1 amide bonds. The molecule has 0 radical (unpaired) electrons. The quantitative estimate of drug-likeness (QED) is 0.0727. The molecule has 1 aromatic rings. The fraction of sp³-hybridized carbons (Fsp3) is 0.733. The maximum Gasteiger partial charge on any atom is 0.271 e. The lowest BCUT2D eigenvalue weighted by molar-refractivity contribution is -0.861. The predicted octanol–water partition coefficient (Wildman–Crippen LogP) is 3.44. The SMILES string of the molecule is CCCCCCCCCCCCCCCC(=O)Nc1cc([N+](=O)[O-])ccc1P(O)C(=O)C[N+](C)(C)C.CN(C)C.[Br-]. The summed E-state index contributed by atoms with van der Waals surface area (Å²) in [7, 11) is 9.32. The van der Waals surface area contributed by atoms with Gasteiger partial charge in [-0.05, 0) is 33.6 Å². The van der Waals surface area contributed by atoms with E-state index < -0.39 is 13.1 Å². The molecule has 0 aliphatic rings. The van der Waals surface area contributed by atoms with E-state index >= 15 is 0 Å². The molecule has 1 unspecified atom stereocenters. The zero-order chi connectivity index (χ0) is 30.6. The van der Waals surface area contributed by atoms with Crippen LogP contribution in [0.1, 0.15) is 96.8 Å². The number of hydrogen-bond acceptors (Lipinski definition) is 6. The average molecular weight is 664 g/mol. The van der Waals surface area contributed by atoms with Crippen molar-refractivity contribution in [2.75, 3.05) is 54.1 Å². The number of anilines is 1. The van der Waals surface area contributed by atoms with Gasteiger partial charge in [0.05, 0.1) is 31.8 Å². The van der Waals surface area contributed by atoms with Gasteiger partial charge in [-0.1, -0.05) is 84.0 Å². The second-order valence-electron chi connectivity index (χ2n) is 12.0. The predicted molar refractivity (Wildman–Crippen MR) is 168 cm³/mol. The Morgan fingerprint density at radius 2 is 1.34 bits per heavy atom. The van der Waals surface area contributed by atoms with E-state index in [1.165, 1.54) is 82.4 Å². The number of nitro benzene ring substituents is 1. The maximum absolute atomic E-state index is 12.5. The molecule has 0 saturated heterocycles. The monoisotopic (exact) mass is 662 g/mol. The molecule has 41 heavy (non-hydrogen) atoms. The summed E-state index contributed by atoms with van der Waals surface area (Å²) in [5.74, 6) is -0.262. The number of hydrogen-bond donors (Lipinski definition) is 2. The van der Waals surface area contributed by atoms with E-state index in [4.69, 9.17) is 0 Å². The Hall–Kier alpha value is -1.45. The largest absolute Gasteiger partial charge is 1.00 e. The van der Waals surface area contributed by atoms with E-state index in [0.717, 1.165) is 19.3 Å². The number of non-ortho nitro benzene ring substituents is 1. The topological polar surface area (TPSA) is 113 Å². The van der Waals surface area contributed by atoms with E-state index in [0.29, 0.717) is 10.9 Å². The molecule has 0 saturated carbocycles. The molecule has 2 N–H and O–H groups in total. The third kappa shape index (κ3) is 22.8. The maximum atomic E-state index is 12.5. The first-order valence-electron chi connectivity index (χ1n) is 14.8. The molecule has 9 nitrogen and oxygen atoms in total. The van der Waals surface area contributed by atoms with E-state index in [2.05, 4.69) is 12.2 Å². The van der Waals surface area contributed by atoms with Gasteiger partial charge in [0.2, 0.25) is 11.4 Å². The third-order valence-electron chi connectivity index (χ3n) is 6.05. The number of quaternary nitrogens is 1. The number of nitrogens with zero attached hydrogens (tertiary/aromatic N) is 3. The molecule has 0 aromatic heterocycles. The van der Waals surface area contributed by atoms with Gasteiger partial charge in [-0.15, -0.1) is 0 Å². The van der Waals surface area contributed by atoms with Crippen molar-refractivity contribution in [3.8, 4) is 0 Å². The molecule has 0 aliphatic carbocycles. The van der Waals surface area contributed by atoms with Crippen LogP contribution < -0.4 is 27.6 Å². The van der Waals surface area contributed by atoms with Crippen LogP contribution in [0.25, 0.3) is 0 Å². The van der Waals surface area contributed by atoms with Crippen LogP contribution in [0.2, 0.25) is 0 Å². The standard InChI is InChI=1S/C27H46N3O5P.C3H9N.BrH/c1-5-6-7-8-9-10-11-12-13-14-15-16-17-18-26(31)28-24-21-23(29(33)34)19-20-25(24)36(35)27(32)22-30(2,3)4;1-4(2)3;/h19-21,35H,5-18,22H2,1-4H3;1-3H3;1H. The lowest BCUT2D eigenvalue weighted by atomic mass is 10.0. The minimum absolute atomic E-state index is 0. The highest BCUT2D eigenvalue weighted by Crippen LogP contribution is 2.35. The Labute approximate surface area is 260 Å². The molecule has 11 heteroatoms. The highest BCUT2D eigenvalue weighted by Gasteiger charge is 2.27. The molecule has 1 atom stereocenters. The summed E-state index contributed by atoms with van der Waals surface area (Å²) < 4.78 is 0.353. The van der Waals surface area contributed by atoms with Crippen molar-refractivity contribution in [2.45, 2.75) is 96.8 Å². The summed E-state index contributed by atoms with van der Waals surface area (Å²) in [5, 5.41) is 14.2. The first-order chi connectivity index (χ1) is 18.8. The number of nitrogens with one attached hydrogen (secondary N) is 1. The van der Waals surface area contributed by atoms with Crippen molar-refractivity contribution in [2.24, 2.45) is 0 Å². The Bertz CT molecular complexity index is 878. The number of likely N-dealkylation sites (N-methyl/N-ethyl adjacent to an activating group) is 1. The lowest BCUT2D eigenvalue weighted by Gasteiger charge is -2.24. The Kier molecular flexibility index (Phi) is 24.4. The number of amides is 1. The molecule has 0 heterocycles. The van der Waals surface area contributed by atoms with Crippen LogP contribution in [-0.4, -0.2) is 79.5 Å². The van der Waals surface area contributed by atoms with E-state index in [9.17, 15) is 24.6 Å². The van der Waals surface area contributed by atoms with Gasteiger partial charge in [-0.2, -0.15) is 0 Å². The molecule has 238 valence electrons. The smallest absolute Gasteiger partial charge is 0.271 e. The van der Waals surface area contributed by atoms with Crippen LogP contribution >= 0.6 is 8.15 Å². The number of carbonyl (C=O) groups is 2. The first-order valence-corrected chi connectivity index (χ1v) is 16.1. The number of nitro groups is 1. The first kappa shape index (κ1) is 41.7. The van der Waals surface area contributed by atoms with Gasteiger partial charge in [-0.25, -0.2) is 0 Å². The highest BCUT2D eigenvalue weighted by molar-refractivity contribution is 7.76. The van der Waals surface area contributed by atoms with Gasteiger partial charge in [-0.3, -0.25) is 19.7 Å². The summed E-state index contributed by atoms with van der Waals surface area (Å²) in [5.41, 5.74) is -0.400. The van der Waals surface area contributed by atoms with Crippen molar-refractivity contribution in [1.82, 2.24) is 4.90 Å². The summed E-state index contributed by atoms with van der Waals surface area (Å²) in [6.07, 6.45) is 16.1. The molecule has 1 aromatic carbocycles. The van der Waals surface area contributed by atoms with Crippen LogP contribution in [0.3, 0.4) is 0 Å². The van der Waals surface area contributed by atoms with Gasteiger partial charge in [0, 0.05) is 23.9 Å². The van der Waals surface area contributed by atoms with Crippen molar-refractivity contribution >= 4 is 36.3 Å². The minimum Gasteiger partial charge on any atom is -1.00 e. The highest BCUT2D eigenvalue weighted by atomic mass is 79.9. The molecular weight excluding hydrogens is 607 g/mol. The number of benzene rings is 1. The molecule has 0 bridgehead atoms. The van der Waals surface area contributed by atoms with Gasteiger partial charge < -0.3 is 36.6 Å². The van der Waals surface area contributed by atoms with Crippen LogP contribution in [0.5, 0.6) is 0 Å². The minimum atomic E-state index is -2.21. The van der Waals surface area contributed by atoms with Crippen LogP contribution in [-0.2, 0) is 9.59 Å². The Morgan fingerprint density at radius 1 is 0.902 bits per heavy atom. The summed E-state index contributed by atoms with van der Waals surface area (Å²) >= 11 is 0. The van der Waals surface area contributed by atoms with Crippen molar-refractivity contribution in [1.29, 1.82) is 0 Å². The summed E-state index contributed by atoms with van der Waals surface area (Å²) in [6, 6.07) is 3.85. The normalized spacial score (nSPS) is 11.7. The van der Waals surface area contributed by atoms with Gasteiger partial charge in [0.1, 0.15) is 14.7 Å². The zero-order valence-electron chi connectivity index (χ0n) is 26.6. The van der Waals surface area contributed by atoms with Gasteiger partial charge in [0.25, 0.3) is 5.69 Å². The van der Waals surface area contributed by atoms with E-state index in [1.807, 2.05) is 47.2 Å². The average Bonchev–Trinajstić information content (AvgIpc) is 2.85. The summed E-state index contributed by atoms with van der Waals surface area (Å²) in [6.45, 7) is 2.36. The number of carbonyl (C=O) groups excluding carboxylic acids is 2. The fourth-order valence-electron chi connectivity index (χ4n) is 4.05. The number of halogens is 1. The molecular formula is C30H56BrN4O5P. The third-order valence-corrected chi connectivity index (χ3v) is 7.51. The molecule has 0 fully saturated rings. The van der Waals surface area contributed by atoms with E-state index in [-0.39, 0.29) is 51.6 Å². The molecule has 0 spiro atoms. The van der Waals surface area contributed by atoms with Crippen molar-refractivity contribution in [3.63, 3.8) is 0 Å². The number of unbranched alkanes of at least 4 members (excludes halogenated alkanes) is 12. The Balaban J connectivity index is 0. The van der Waals surface area contributed by atoms with Crippen LogP contribution in [0, 0.1) is 10.1 Å². The van der Waals surface area contributed by atoms with Crippen molar-refractivity contribution < 1.29 is 40.9 Å². The zero-order valence-corrected chi connectivity index (χ0v) is 29.1. The fourth-order valence-corrected chi connectivity index (χ4v) is 5.44. The Morgan fingerprint density at radius 3 is 1.76 bits per heavy atom. The van der Waals surface area contributed by atoms with E-state index in [1.54, 1.807) is 0 Å².